The summed E-state index contributed by atoms with van der Waals surface area (Å²) in [5, 5.41) is 3.34. The molecule has 0 aliphatic carbocycles. The topological polar surface area (TPSA) is 38.0 Å². The molecule has 0 aromatic heterocycles. The average Bonchev–Trinajstić information content (AvgIpc) is 2.38. The first-order valence-electron chi connectivity index (χ1n) is 5.44. The van der Waals surface area contributed by atoms with E-state index in [0.29, 0.717) is 4.99 Å². The number of anilines is 1. The minimum absolute atomic E-state index is 0.418. The molecular weight excluding hydrogens is 228 g/mol. The van der Waals surface area contributed by atoms with E-state index in [1.807, 2.05) is 42.5 Å². The van der Waals surface area contributed by atoms with E-state index in [1.54, 1.807) is 0 Å². The van der Waals surface area contributed by atoms with Crippen molar-refractivity contribution in [2.24, 2.45) is 5.73 Å². The fraction of sp³-hybridized carbons (Fsp3) is 0.0714. The van der Waals surface area contributed by atoms with E-state index in [2.05, 4.69) is 17.4 Å². The summed E-state index contributed by atoms with van der Waals surface area (Å²) in [6.45, 7) is 0.764. The minimum atomic E-state index is 0.418. The highest BCUT2D eigenvalue weighted by molar-refractivity contribution is 7.80. The first kappa shape index (κ1) is 11.6. The van der Waals surface area contributed by atoms with Gasteiger partial charge in [-0.25, -0.2) is 0 Å². The Bertz CT molecular complexity index is 509. The third kappa shape index (κ3) is 3.04. The summed E-state index contributed by atoms with van der Waals surface area (Å²) in [6.07, 6.45) is 0. The molecule has 0 amide bonds. The molecule has 0 atom stereocenters. The summed E-state index contributed by atoms with van der Waals surface area (Å²) in [5.74, 6) is 0. The Morgan fingerprint density at radius 3 is 2.35 bits per heavy atom. The maximum atomic E-state index is 5.67. The zero-order chi connectivity index (χ0) is 12.1. The van der Waals surface area contributed by atoms with Crippen LogP contribution < -0.4 is 11.1 Å². The Labute approximate surface area is 106 Å². The molecule has 0 fully saturated rings. The third-order valence-electron chi connectivity index (χ3n) is 2.52. The van der Waals surface area contributed by atoms with E-state index in [1.165, 1.54) is 5.56 Å². The molecule has 0 spiro atoms. The summed E-state index contributed by atoms with van der Waals surface area (Å²) in [5.41, 5.74) is 8.77. The Kier molecular flexibility index (Phi) is 3.73. The monoisotopic (exact) mass is 242 g/mol. The molecule has 2 aromatic rings. The van der Waals surface area contributed by atoms with Gasteiger partial charge in [-0.1, -0.05) is 54.7 Å². The van der Waals surface area contributed by atoms with Gasteiger partial charge in [0.1, 0.15) is 4.99 Å². The largest absolute Gasteiger partial charge is 0.389 e. The van der Waals surface area contributed by atoms with Gasteiger partial charge in [0.15, 0.2) is 0 Å². The van der Waals surface area contributed by atoms with E-state index in [-0.39, 0.29) is 0 Å². The molecular formula is C14H14N2S. The maximum Gasteiger partial charge on any atom is 0.106 e. The second-order valence-corrected chi connectivity index (χ2v) is 4.19. The molecule has 0 saturated heterocycles. The Hall–Kier alpha value is -1.87. The van der Waals surface area contributed by atoms with Gasteiger partial charge in [-0.2, -0.15) is 0 Å². The molecule has 0 bridgehead atoms. The Morgan fingerprint density at radius 1 is 1.00 bits per heavy atom. The highest BCUT2D eigenvalue weighted by atomic mass is 32.1. The van der Waals surface area contributed by atoms with Crippen molar-refractivity contribution in [2.45, 2.75) is 6.54 Å². The van der Waals surface area contributed by atoms with Crippen LogP contribution in [0.15, 0.2) is 54.6 Å². The van der Waals surface area contributed by atoms with Gasteiger partial charge in [0.25, 0.3) is 0 Å². The van der Waals surface area contributed by atoms with Crippen molar-refractivity contribution in [3.8, 4) is 0 Å². The molecule has 0 aliphatic rings. The van der Waals surface area contributed by atoms with Crippen LogP contribution in [0.1, 0.15) is 11.1 Å². The van der Waals surface area contributed by atoms with Crippen LogP contribution in [0, 0.1) is 0 Å². The lowest BCUT2D eigenvalue weighted by molar-refractivity contribution is 1.15. The van der Waals surface area contributed by atoms with E-state index >= 15 is 0 Å². The van der Waals surface area contributed by atoms with Crippen LogP contribution in [0.2, 0.25) is 0 Å². The van der Waals surface area contributed by atoms with Gasteiger partial charge in [0.2, 0.25) is 0 Å². The second-order valence-electron chi connectivity index (χ2n) is 3.75. The van der Waals surface area contributed by atoms with Gasteiger partial charge >= 0.3 is 0 Å². The van der Waals surface area contributed by atoms with Crippen LogP contribution in [-0.2, 0) is 6.54 Å². The lowest BCUT2D eigenvalue weighted by atomic mass is 10.1. The number of benzene rings is 2. The number of para-hydroxylation sites is 1. The summed E-state index contributed by atoms with van der Waals surface area (Å²) in [6, 6.07) is 18.0. The quantitative estimate of drug-likeness (QED) is 0.810. The van der Waals surface area contributed by atoms with Gasteiger partial charge < -0.3 is 11.1 Å². The highest BCUT2D eigenvalue weighted by Crippen LogP contribution is 2.15. The van der Waals surface area contributed by atoms with Crippen molar-refractivity contribution < 1.29 is 0 Å². The summed E-state index contributed by atoms with van der Waals surface area (Å²) < 4.78 is 0. The third-order valence-corrected chi connectivity index (χ3v) is 2.74. The number of hydrogen-bond donors (Lipinski definition) is 2. The van der Waals surface area contributed by atoms with Gasteiger partial charge in [0.05, 0.1) is 0 Å². The summed E-state index contributed by atoms with van der Waals surface area (Å²) in [4.78, 5) is 0.418. The first-order valence-corrected chi connectivity index (χ1v) is 5.85. The molecule has 3 N–H and O–H groups in total. The van der Waals surface area contributed by atoms with Gasteiger partial charge in [-0.05, 0) is 17.7 Å². The Balaban J connectivity index is 2.12. The minimum Gasteiger partial charge on any atom is -0.389 e. The first-order chi connectivity index (χ1) is 8.27. The van der Waals surface area contributed by atoms with E-state index in [9.17, 15) is 0 Å². The molecule has 17 heavy (non-hydrogen) atoms. The van der Waals surface area contributed by atoms with Crippen LogP contribution >= 0.6 is 12.2 Å². The second kappa shape index (κ2) is 5.46. The molecule has 2 aromatic carbocycles. The van der Waals surface area contributed by atoms with E-state index < -0.39 is 0 Å². The van der Waals surface area contributed by atoms with Crippen LogP contribution in [0.3, 0.4) is 0 Å². The lowest BCUT2D eigenvalue weighted by Crippen LogP contribution is -2.13. The maximum absolute atomic E-state index is 5.67. The SMILES string of the molecule is NC(=S)c1ccccc1NCc1ccccc1. The molecule has 86 valence electrons. The fourth-order valence-corrected chi connectivity index (χ4v) is 1.82. The number of hydrogen-bond acceptors (Lipinski definition) is 2. The van der Waals surface area contributed by atoms with Crippen molar-refractivity contribution in [2.75, 3.05) is 5.32 Å². The van der Waals surface area contributed by atoms with Gasteiger partial charge in [-0.15, -0.1) is 0 Å². The summed E-state index contributed by atoms with van der Waals surface area (Å²) >= 11 is 5.02. The Morgan fingerprint density at radius 2 is 1.65 bits per heavy atom. The molecule has 3 heteroatoms. The number of thiocarbonyl (C=S) groups is 1. The molecule has 0 heterocycles. The molecule has 2 nitrogen and oxygen atoms in total. The molecule has 0 saturated carbocycles. The number of nitrogens with one attached hydrogen (secondary N) is 1. The van der Waals surface area contributed by atoms with Crippen molar-refractivity contribution in [1.82, 2.24) is 0 Å². The summed E-state index contributed by atoms with van der Waals surface area (Å²) in [7, 11) is 0. The van der Waals surface area contributed by atoms with Gasteiger partial charge in [-0.3, -0.25) is 0 Å². The predicted octanol–water partition coefficient (Wildman–Crippen LogP) is 2.93. The van der Waals surface area contributed by atoms with Crippen molar-refractivity contribution in [3.05, 3.63) is 65.7 Å². The highest BCUT2D eigenvalue weighted by Gasteiger charge is 2.03. The number of nitrogens with two attached hydrogens (primary N) is 1. The van der Waals surface area contributed by atoms with Crippen LogP contribution in [0.5, 0.6) is 0 Å². The molecule has 0 radical (unpaired) electrons. The van der Waals surface area contributed by atoms with Crippen LogP contribution in [-0.4, -0.2) is 4.99 Å². The molecule has 2 rings (SSSR count). The molecule has 0 aliphatic heterocycles. The predicted molar refractivity (Wildman–Crippen MR) is 76.1 cm³/mol. The van der Waals surface area contributed by atoms with Crippen molar-refractivity contribution in [1.29, 1.82) is 0 Å². The van der Waals surface area contributed by atoms with E-state index in [0.717, 1.165) is 17.8 Å². The van der Waals surface area contributed by atoms with Crippen molar-refractivity contribution in [3.63, 3.8) is 0 Å². The zero-order valence-electron chi connectivity index (χ0n) is 9.39. The van der Waals surface area contributed by atoms with Gasteiger partial charge in [0, 0.05) is 17.8 Å². The zero-order valence-corrected chi connectivity index (χ0v) is 10.2. The molecule has 0 unspecified atom stereocenters. The average molecular weight is 242 g/mol. The van der Waals surface area contributed by atoms with Crippen LogP contribution in [0.25, 0.3) is 0 Å². The van der Waals surface area contributed by atoms with E-state index in [4.69, 9.17) is 18.0 Å². The number of rotatable bonds is 4. The van der Waals surface area contributed by atoms with Crippen LogP contribution in [0.4, 0.5) is 5.69 Å². The lowest BCUT2D eigenvalue weighted by Gasteiger charge is -2.10. The van der Waals surface area contributed by atoms with Crippen molar-refractivity contribution >= 4 is 22.9 Å². The fourth-order valence-electron chi connectivity index (χ4n) is 1.65. The standard InChI is InChI=1S/C14H14N2S/c15-14(17)12-8-4-5-9-13(12)16-10-11-6-2-1-3-7-11/h1-9,16H,10H2,(H2,15,17). The normalized spacial score (nSPS) is 9.88. The smallest absolute Gasteiger partial charge is 0.106 e.